The number of carbonyl (C=O) groups is 1. The highest BCUT2D eigenvalue weighted by molar-refractivity contribution is 5.68. The van der Waals surface area contributed by atoms with Crippen LogP contribution in [-0.4, -0.2) is 59.8 Å². The minimum Gasteiger partial charge on any atom is -0.444 e. The van der Waals surface area contributed by atoms with Crippen LogP contribution in [0.15, 0.2) is 0 Å². The molecule has 3 unspecified atom stereocenters. The first kappa shape index (κ1) is 17.5. The van der Waals surface area contributed by atoms with E-state index in [1.807, 2.05) is 25.7 Å². The van der Waals surface area contributed by atoms with Gasteiger partial charge in [0, 0.05) is 38.3 Å². The van der Waals surface area contributed by atoms with Crippen molar-refractivity contribution < 1.29 is 9.53 Å². The Morgan fingerprint density at radius 3 is 2.59 bits per heavy atom. The SMILES string of the molecule is CC1CCCC(N2CCN(C(=O)OC(C)(C)C)CC2CN)C1. The van der Waals surface area contributed by atoms with Gasteiger partial charge in [0.15, 0.2) is 0 Å². The molecule has 2 N–H and O–H groups in total. The standard InChI is InChI=1S/C17H33N3O2/c1-13-6-5-7-14(10-13)20-9-8-19(12-15(20)11-18)16(21)22-17(2,3)4/h13-15H,5-12,18H2,1-4H3. The first-order chi connectivity index (χ1) is 10.3. The van der Waals surface area contributed by atoms with Crippen molar-refractivity contribution in [2.45, 2.75) is 71.1 Å². The van der Waals surface area contributed by atoms with Crippen molar-refractivity contribution in [1.82, 2.24) is 9.80 Å². The van der Waals surface area contributed by atoms with Crippen molar-refractivity contribution in [3.8, 4) is 0 Å². The Morgan fingerprint density at radius 2 is 2.00 bits per heavy atom. The van der Waals surface area contributed by atoms with E-state index in [1.165, 1.54) is 25.7 Å². The predicted octanol–water partition coefficient (Wildman–Crippen LogP) is 2.45. The van der Waals surface area contributed by atoms with E-state index in [2.05, 4.69) is 11.8 Å². The van der Waals surface area contributed by atoms with Gasteiger partial charge in [0.2, 0.25) is 0 Å². The molecule has 128 valence electrons. The van der Waals surface area contributed by atoms with Crippen LogP contribution in [0.25, 0.3) is 0 Å². The molecule has 1 aliphatic heterocycles. The van der Waals surface area contributed by atoms with Crippen molar-refractivity contribution in [3.05, 3.63) is 0 Å². The Morgan fingerprint density at radius 1 is 1.27 bits per heavy atom. The third kappa shape index (κ3) is 4.59. The third-order valence-corrected chi connectivity index (χ3v) is 4.83. The Balaban J connectivity index is 1.94. The van der Waals surface area contributed by atoms with Gasteiger partial charge in [-0.25, -0.2) is 4.79 Å². The van der Waals surface area contributed by atoms with E-state index in [4.69, 9.17) is 10.5 Å². The van der Waals surface area contributed by atoms with Gasteiger partial charge in [-0.15, -0.1) is 0 Å². The summed E-state index contributed by atoms with van der Waals surface area (Å²) in [6, 6.07) is 0.898. The molecule has 2 rings (SSSR count). The lowest BCUT2D eigenvalue weighted by Gasteiger charge is -2.46. The van der Waals surface area contributed by atoms with E-state index < -0.39 is 5.60 Å². The maximum absolute atomic E-state index is 12.3. The largest absolute Gasteiger partial charge is 0.444 e. The molecule has 0 aromatic heterocycles. The number of piperazine rings is 1. The van der Waals surface area contributed by atoms with Crippen molar-refractivity contribution >= 4 is 6.09 Å². The fourth-order valence-electron chi connectivity index (χ4n) is 3.76. The number of nitrogens with two attached hydrogens (primary N) is 1. The molecular formula is C17H33N3O2. The number of hydrogen-bond acceptors (Lipinski definition) is 4. The molecule has 1 amide bonds. The van der Waals surface area contributed by atoms with Crippen LogP contribution in [-0.2, 0) is 4.74 Å². The molecule has 3 atom stereocenters. The van der Waals surface area contributed by atoms with Crippen LogP contribution >= 0.6 is 0 Å². The Bertz CT molecular complexity index is 381. The van der Waals surface area contributed by atoms with Gasteiger partial charge in [0.25, 0.3) is 0 Å². The van der Waals surface area contributed by atoms with Gasteiger partial charge in [-0.3, -0.25) is 4.90 Å². The van der Waals surface area contributed by atoms with Crippen molar-refractivity contribution in [1.29, 1.82) is 0 Å². The third-order valence-electron chi connectivity index (χ3n) is 4.83. The zero-order chi connectivity index (χ0) is 16.3. The smallest absolute Gasteiger partial charge is 0.410 e. The maximum atomic E-state index is 12.3. The maximum Gasteiger partial charge on any atom is 0.410 e. The molecule has 0 bridgehead atoms. The first-order valence-electron chi connectivity index (χ1n) is 8.74. The topological polar surface area (TPSA) is 58.8 Å². The van der Waals surface area contributed by atoms with Crippen LogP contribution in [0.2, 0.25) is 0 Å². The van der Waals surface area contributed by atoms with Gasteiger partial charge < -0.3 is 15.4 Å². The summed E-state index contributed by atoms with van der Waals surface area (Å²) in [5.74, 6) is 0.807. The predicted molar refractivity (Wildman–Crippen MR) is 88.8 cm³/mol. The lowest BCUT2D eigenvalue weighted by atomic mass is 9.85. The molecule has 22 heavy (non-hydrogen) atoms. The number of hydrogen-bond donors (Lipinski definition) is 1. The van der Waals surface area contributed by atoms with Crippen molar-refractivity contribution in [3.63, 3.8) is 0 Å². The Labute approximate surface area is 135 Å². The van der Waals surface area contributed by atoms with E-state index >= 15 is 0 Å². The van der Waals surface area contributed by atoms with Crippen LogP contribution in [0.3, 0.4) is 0 Å². The second-order valence-electron chi connectivity index (χ2n) is 7.98. The van der Waals surface area contributed by atoms with Crippen LogP contribution in [0.1, 0.15) is 53.4 Å². The first-order valence-corrected chi connectivity index (χ1v) is 8.74. The molecule has 0 aromatic rings. The van der Waals surface area contributed by atoms with E-state index in [0.717, 1.165) is 19.0 Å². The van der Waals surface area contributed by atoms with E-state index in [1.54, 1.807) is 0 Å². The van der Waals surface area contributed by atoms with Crippen molar-refractivity contribution in [2.75, 3.05) is 26.2 Å². The van der Waals surface area contributed by atoms with E-state index in [9.17, 15) is 4.79 Å². The van der Waals surface area contributed by atoms with Gasteiger partial charge in [0.1, 0.15) is 5.60 Å². The van der Waals surface area contributed by atoms with Crippen LogP contribution < -0.4 is 5.73 Å². The summed E-state index contributed by atoms with van der Waals surface area (Å²) in [5.41, 5.74) is 5.56. The molecule has 1 aliphatic carbocycles. The molecular weight excluding hydrogens is 278 g/mol. The normalized spacial score (nSPS) is 31.1. The molecule has 1 heterocycles. The lowest BCUT2D eigenvalue weighted by molar-refractivity contribution is -0.00970. The number of ether oxygens (including phenoxy) is 1. The average molecular weight is 311 g/mol. The zero-order valence-electron chi connectivity index (χ0n) is 14.7. The summed E-state index contributed by atoms with van der Waals surface area (Å²) in [4.78, 5) is 16.6. The van der Waals surface area contributed by atoms with E-state index in [-0.39, 0.29) is 12.1 Å². The highest BCUT2D eigenvalue weighted by Crippen LogP contribution is 2.29. The van der Waals surface area contributed by atoms with Crippen LogP contribution in [0, 0.1) is 5.92 Å². The molecule has 2 aliphatic rings. The summed E-state index contributed by atoms with van der Waals surface area (Å²) in [6.45, 7) is 11.0. The van der Waals surface area contributed by atoms with Gasteiger partial charge in [-0.05, 0) is 39.5 Å². The van der Waals surface area contributed by atoms with Crippen LogP contribution in [0.4, 0.5) is 4.79 Å². The summed E-state index contributed by atoms with van der Waals surface area (Å²) in [5, 5.41) is 0. The van der Waals surface area contributed by atoms with Crippen molar-refractivity contribution in [2.24, 2.45) is 11.7 Å². The molecule has 0 aromatic carbocycles. The van der Waals surface area contributed by atoms with Crippen LogP contribution in [0.5, 0.6) is 0 Å². The van der Waals surface area contributed by atoms with Gasteiger partial charge in [-0.1, -0.05) is 19.8 Å². The quantitative estimate of drug-likeness (QED) is 0.851. The molecule has 0 spiro atoms. The average Bonchev–Trinajstić information content (AvgIpc) is 2.44. The Hall–Kier alpha value is -0.810. The number of carbonyl (C=O) groups excluding carboxylic acids is 1. The molecule has 5 nitrogen and oxygen atoms in total. The van der Waals surface area contributed by atoms with Gasteiger partial charge in [0.05, 0.1) is 0 Å². The minimum absolute atomic E-state index is 0.206. The number of amides is 1. The monoisotopic (exact) mass is 311 g/mol. The minimum atomic E-state index is -0.439. The molecule has 2 fully saturated rings. The van der Waals surface area contributed by atoms with Gasteiger partial charge >= 0.3 is 6.09 Å². The summed E-state index contributed by atoms with van der Waals surface area (Å²) in [7, 11) is 0. The lowest BCUT2D eigenvalue weighted by Crippen LogP contribution is -2.60. The molecule has 5 heteroatoms. The zero-order valence-corrected chi connectivity index (χ0v) is 14.7. The summed E-state index contributed by atoms with van der Waals surface area (Å²) in [6.07, 6.45) is 5.00. The highest BCUT2D eigenvalue weighted by atomic mass is 16.6. The molecule has 0 radical (unpaired) electrons. The summed E-state index contributed by atoms with van der Waals surface area (Å²) >= 11 is 0. The second kappa shape index (κ2) is 7.18. The summed E-state index contributed by atoms with van der Waals surface area (Å²) < 4.78 is 5.50. The Kier molecular flexibility index (Phi) is 5.72. The fourth-order valence-corrected chi connectivity index (χ4v) is 3.76. The number of nitrogens with zero attached hydrogens (tertiary/aromatic N) is 2. The fraction of sp³-hybridized carbons (Fsp3) is 0.941. The highest BCUT2D eigenvalue weighted by Gasteiger charge is 2.35. The van der Waals surface area contributed by atoms with Gasteiger partial charge in [-0.2, -0.15) is 0 Å². The number of rotatable bonds is 2. The molecule has 1 saturated carbocycles. The van der Waals surface area contributed by atoms with E-state index in [0.29, 0.717) is 19.1 Å². The second-order valence-corrected chi connectivity index (χ2v) is 7.98. The molecule has 1 saturated heterocycles.